The van der Waals surface area contributed by atoms with Gasteiger partial charge in [-0.3, -0.25) is 14.0 Å². The summed E-state index contributed by atoms with van der Waals surface area (Å²) in [5, 5.41) is 0.426. The normalized spacial score (nSPS) is 14.2. The number of hydrogen-bond acceptors (Lipinski definition) is 5. The number of hydrogen-bond donors (Lipinski definition) is 0. The summed E-state index contributed by atoms with van der Waals surface area (Å²) in [6.07, 6.45) is 3.92. The van der Waals surface area contributed by atoms with Crippen molar-refractivity contribution >= 4 is 34.8 Å². The molecule has 0 radical (unpaired) electrons. The lowest BCUT2D eigenvalue weighted by Crippen LogP contribution is -2.35. The highest BCUT2D eigenvalue weighted by Gasteiger charge is 2.20. The molecule has 7 nitrogen and oxygen atoms in total. The number of carbonyl (C=O) groups excluding carboxylic acids is 2. The van der Waals surface area contributed by atoms with Crippen LogP contribution in [0, 0.1) is 0 Å². The van der Waals surface area contributed by atoms with Crippen molar-refractivity contribution in [3.63, 3.8) is 0 Å². The number of anilines is 1. The van der Waals surface area contributed by atoms with Crippen LogP contribution in [0.1, 0.15) is 35.3 Å². The number of aromatic nitrogens is 2. The molecule has 0 aliphatic carbocycles. The van der Waals surface area contributed by atoms with Gasteiger partial charge in [-0.05, 0) is 49.2 Å². The Labute approximate surface area is 171 Å². The van der Waals surface area contributed by atoms with Crippen LogP contribution in [0.2, 0.25) is 5.02 Å². The summed E-state index contributed by atoms with van der Waals surface area (Å²) in [4.78, 5) is 42.6. The Morgan fingerprint density at radius 3 is 2.66 bits per heavy atom. The van der Waals surface area contributed by atoms with Gasteiger partial charge in [0.1, 0.15) is 12.3 Å². The predicted molar refractivity (Wildman–Crippen MR) is 108 cm³/mol. The Balaban J connectivity index is 1.44. The molecule has 1 amide bonds. The van der Waals surface area contributed by atoms with Crippen molar-refractivity contribution in [2.75, 3.05) is 11.4 Å². The smallest absolute Gasteiger partial charge is 0.338 e. The molecule has 1 fully saturated rings. The fourth-order valence-electron chi connectivity index (χ4n) is 3.28. The van der Waals surface area contributed by atoms with E-state index in [0.29, 0.717) is 34.9 Å². The quantitative estimate of drug-likeness (QED) is 0.616. The summed E-state index contributed by atoms with van der Waals surface area (Å²) in [6, 6.07) is 11.3. The van der Waals surface area contributed by atoms with E-state index in [4.69, 9.17) is 16.3 Å². The number of halogens is 1. The highest BCUT2D eigenvalue weighted by Crippen LogP contribution is 2.21. The zero-order valence-corrected chi connectivity index (χ0v) is 16.3. The minimum absolute atomic E-state index is 0.0986. The lowest BCUT2D eigenvalue weighted by atomic mass is 10.1. The van der Waals surface area contributed by atoms with Crippen LogP contribution in [0.15, 0.2) is 53.5 Å². The molecule has 1 aromatic carbocycles. The second-order valence-electron chi connectivity index (χ2n) is 6.79. The number of rotatable bonds is 4. The molecule has 0 saturated carbocycles. The first kappa shape index (κ1) is 19.1. The Hall–Kier alpha value is -3.19. The average Bonchev–Trinajstić information content (AvgIpc) is 2.73. The molecule has 148 valence electrons. The second-order valence-corrected chi connectivity index (χ2v) is 7.22. The van der Waals surface area contributed by atoms with Crippen LogP contribution in [0.3, 0.4) is 0 Å². The van der Waals surface area contributed by atoms with Crippen LogP contribution in [0.4, 0.5) is 5.69 Å². The number of piperidine rings is 1. The molecule has 0 unspecified atom stereocenters. The first-order chi connectivity index (χ1) is 14.0. The molecule has 2 aromatic heterocycles. The lowest BCUT2D eigenvalue weighted by molar-refractivity contribution is -0.119. The van der Waals surface area contributed by atoms with Crippen molar-refractivity contribution in [3.8, 4) is 0 Å². The molecule has 8 heteroatoms. The van der Waals surface area contributed by atoms with E-state index in [2.05, 4.69) is 4.98 Å². The maximum absolute atomic E-state index is 12.3. The minimum atomic E-state index is -0.528. The third-order valence-electron chi connectivity index (χ3n) is 4.77. The Bertz CT molecular complexity index is 1140. The van der Waals surface area contributed by atoms with Gasteiger partial charge in [0.25, 0.3) is 5.56 Å². The number of nitrogens with zero attached hydrogens (tertiary/aromatic N) is 3. The highest BCUT2D eigenvalue weighted by molar-refractivity contribution is 6.30. The maximum atomic E-state index is 12.3. The Morgan fingerprint density at radius 1 is 1.10 bits per heavy atom. The monoisotopic (exact) mass is 411 g/mol. The number of fused-ring (bicyclic) bond motifs is 1. The van der Waals surface area contributed by atoms with Crippen molar-refractivity contribution < 1.29 is 14.3 Å². The standard InChI is InChI=1S/C21H18ClN3O4/c22-15-6-9-18-23-16(11-20(27)25(18)12-15)13-29-21(28)14-4-7-17(8-5-14)24-10-2-1-3-19(24)26/h4-9,11-12H,1-3,10,13H2. The Morgan fingerprint density at radius 2 is 1.90 bits per heavy atom. The van der Waals surface area contributed by atoms with Gasteiger partial charge in [-0.15, -0.1) is 0 Å². The van der Waals surface area contributed by atoms with Crippen molar-refractivity contribution in [2.45, 2.75) is 25.9 Å². The number of ether oxygens (including phenoxy) is 1. The summed E-state index contributed by atoms with van der Waals surface area (Å²) in [5.41, 5.74) is 1.60. The van der Waals surface area contributed by atoms with E-state index in [1.807, 2.05) is 0 Å². The first-order valence-corrected chi connectivity index (χ1v) is 9.64. The van der Waals surface area contributed by atoms with Gasteiger partial charge in [0, 0.05) is 30.9 Å². The fraction of sp³-hybridized carbons (Fsp3) is 0.238. The molecule has 29 heavy (non-hydrogen) atoms. The molecule has 0 spiro atoms. The summed E-state index contributed by atoms with van der Waals surface area (Å²) >= 11 is 5.89. The molecule has 1 saturated heterocycles. The van der Waals surface area contributed by atoms with Gasteiger partial charge in [-0.2, -0.15) is 0 Å². The summed E-state index contributed by atoms with van der Waals surface area (Å²) in [6.45, 7) is 0.566. The molecule has 0 N–H and O–H groups in total. The summed E-state index contributed by atoms with van der Waals surface area (Å²) in [5.74, 6) is -0.429. The van der Waals surface area contributed by atoms with Gasteiger partial charge in [-0.1, -0.05) is 11.6 Å². The van der Waals surface area contributed by atoms with Gasteiger partial charge in [0.2, 0.25) is 5.91 Å². The van der Waals surface area contributed by atoms with Crippen LogP contribution in [0.5, 0.6) is 0 Å². The van der Waals surface area contributed by atoms with Crippen LogP contribution < -0.4 is 10.5 Å². The van der Waals surface area contributed by atoms with E-state index < -0.39 is 5.97 Å². The zero-order valence-electron chi connectivity index (χ0n) is 15.5. The summed E-state index contributed by atoms with van der Waals surface area (Å²) in [7, 11) is 0. The van der Waals surface area contributed by atoms with Gasteiger partial charge in [-0.25, -0.2) is 9.78 Å². The topological polar surface area (TPSA) is 81.0 Å². The van der Waals surface area contributed by atoms with Gasteiger partial charge >= 0.3 is 5.97 Å². The molecule has 0 bridgehead atoms. The second kappa shape index (κ2) is 8.05. The molecule has 1 aliphatic heterocycles. The van der Waals surface area contributed by atoms with Gasteiger partial charge < -0.3 is 9.64 Å². The number of pyridine rings is 1. The average molecular weight is 412 g/mol. The number of esters is 1. The largest absolute Gasteiger partial charge is 0.456 e. The van der Waals surface area contributed by atoms with E-state index in [0.717, 1.165) is 18.5 Å². The van der Waals surface area contributed by atoms with Crippen molar-refractivity contribution in [3.05, 3.63) is 75.3 Å². The number of benzene rings is 1. The van der Waals surface area contributed by atoms with E-state index in [-0.39, 0.29) is 18.1 Å². The van der Waals surface area contributed by atoms with Crippen molar-refractivity contribution in [1.82, 2.24) is 9.38 Å². The number of carbonyl (C=O) groups is 2. The Kier molecular flexibility index (Phi) is 5.31. The zero-order chi connectivity index (χ0) is 20.4. The maximum Gasteiger partial charge on any atom is 0.338 e. The van der Waals surface area contributed by atoms with Crippen LogP contribution in [-0.2, 0) is 16.1 Å². The molecule has 1 aliphatic rings. The molecule has 3 heterocycles. The van der Waals surface area contributed by atoms with Gasteiger partial charge in [0.15, 0.2) is 0 Å². The van der Waals surface area contributed by atoms with Crippen molar-refractivity contribution in [1.29, 1.82) is 0 Å². The van der Waals surface area contributed by atoms with Crippen molar-refractivity contribution in [2.24, 2.45) is 0 Å². The van der Waals surface area contributed by atoms with E-state index in [1.54, 1.807) is 41.3 Å². The van der Waals surface area contributed by atoms with E-state index >= 15 is 0 Å². The highest BCUT2D eigenvalue weighted by atomic mass is 35.5. The molecule has 0 atom stereocenters. The minimum Gasteiger partial charge on any atom is -0.456 e. The summed E-state index contributed by atoms with van der Waals surface area (Å²) < 4.78 is 6.62. The molecule has 4 rings (SSSR count). The molecular weight excluding hydrogens is 394 g/mol. The molecular formula is C21H18ClN3O4. The third kappa shape index (κ3) is 4.14. The third-order valence-corrected chi connectivity index (χ3v) is 4.99. The van der Waals surface area contributed by atoms with Gasteiger partial charge in [0.05, 0.1) is 16.3 Å². The van der Waals surface area contributed by atoms with Crippen LogP contribution in [0.25, 0.3) is 5.65 Å². The lowest BCUT2D eigenvalue weighted by Gasteiger charge is -2.26. The number of amides is 1. The fourth-order valence-corrected chi connectivity index (χ4v) is 3.44. The van der Waals surface area contributed by atoms with Crippen LogP contribution in [-0.4, -0.2) is 27.8 Å². The molecule has 3 aromatic rings. The van der Waals surface area contributed by atoms with Crippen LogP contribution >= 0.6 is 11.6 Å². The van der Waals surface area contributed by atoms with E-state index in [1.165, 1.54) is 16.7 Å². The van der Waals surface area contributed by atoms with E-state index in [9.17, 15) is 14.4 Å². The first-order valence-electron chi connectivity index (χ1n) is 9.27. The SMILES string of the molecule is O=C(OCc1cc(=O)n2cc(Cl)ccc2n1)c1ccc(N2CCCCC2=O)cc1. The predicted octanol–water partition coefficient (Wildman–Crippen LogP) is 3.22.